The average molecular weight is 289 g/mol. The standard InChI is InChI=1S/C17H20FNO2/c1-20-11-10-13-2-8-16(9-3-13)21-17(12-19)14-4-6-15(18)7-5-14/h2-9,17H,10-12,19H2,1H3. The van der Waals surface area contributed by atoms with Gasteiger partial charge in [0, 0.05) is 13.7 Å². The van der Waals surface area contributed by atoms with E-state index in [1.807, 2.05) is 24.3 Å². The number of benzene rings is 2. The highest BCUT2D eigenvalue weighted by Crippen LogP contribution is 2.22. The first-order valence-corrected chi connectivity index (χ1v) is 6.93. The summed E-state index contributed by atoms with van der Waals surface area (Å²) in [6.07, 6.45) is 0.588. The van der Waals surface area contributed by atoms with Crippen molar-refractivity contribution in [2.45, 2.75) is 12.5 Å². The minimum absolute atomic E-state index is 0.267. The second-order valence-corrected chi connectivity index (χ2v) is 4.78. The van der Waals surface area contributed by atoms with Crippen LogP contribution in [0.1, 0.15) is 17.2 Å². The molecule has 4 heteroatoms. The molecule has 2 rings (SSSR count). The zero-order chi connectivity index (χ0) is 15.1. The largest absolute Gasteiger partial charge is 0.484 e. The number of methoxy groups -OCH3 is 1. The first kappa shape index (κ1) is 15.5. The number of nitrogens with two attached hydrogens (primary N) is 1. The second kappa shape index (κ2) is 7.76. The van der Waals surface area contributed by atoms with E-state index in [0.29, 0.717) is 13.2 Å². The third kappa shape index (κ3) is 4.55. The van der Waals surface area contributed by atoms with Crippen molar-refractivity contribution < 1.29 is 13.9 Å². The monoisotopic (exact) mass is 289 g/mol. The molecule has 112 valence electrons. The smallest absolute Gasteiger partial charge is 0.136 e. The van der Waals surface area contributed by atoms with E-state index in [0.717, 1.165) is 17.7 Å². The summed E-state index contributed by atoms with van der Waals surface area (Å²) in [7, 11) is 1.69. The Morgan fingerprint density at radius 3 is 2.29 bits per heavy atom. The Balaban J connectivity index is 2.02. The van der Waals surface area contributed by atoms with E-state index in [1.54, 1.807) is 19.2 Å². The van der Waals surface area contributed by atoms with Gasteiger partial charge in [-0.25, -0.2) is 4.39 Å². The van der Waals surface area contributed by atoms with E-state index in [2.05, 4.69) is 0 Å². The lowest BCUT2D eigenvalue weighted by molar-refractivity contribution is 0.202. The third-order valence-electron chi connectivity index (χ3n) is 3.25. The van der Waals surface area contributed by atoms with Gasteiger partial charge < -0.3 is 15.2 Å². The van der Waals surface area contributed by atoms with Gasteiger partial charge in [0.1, 0.15) is 17.7 Å². The summed E-state index contributed by atoms with van der Waals surface area (Å²) in [6.45, 7) is 1.03. The number of halogens is 1. The predicted octanol–water partition coefficient (Wildman–Crippen LogP) is 3.09. The highest BCUT2D eigenvalue weighted by atomic mass is 19.1. The van der Waals surface area contributed by atoms with E-state index in [-0.39, 0.29) is 11.9 Å². The summed E-state index contributed by atoms with van der Waals surface area (Å²) in [6, 6.07) is 14.1. The number of hydrogen-bond acceptors (Lipinski definition) is 3. The summed E-state index contributed by atoms with van der Waals surface area (Å²) >= 11 is 0. The SMILES string of the molecule is COCCc1ccc(OC(CN)c2ccc(F)cc2)cc1. The third-order valence-corrected chi connectivity index (χ3v) is 3.25. The Labute approximate surface area is 124 Å². The van der Waals surface area contributed by atoms with E-state index >= 15 is 0 Å². The molecule has 1 unspecified atom stereocenters. The van der Waals surface area contributed by atoms with Gasteiger partial charge in [0.25, 0.3) is 0 Å². The molecule has 0 saturated heterocycles. The second-order valence-electron chi connectivity index (χ2n) is 4.78. The van der Waals surface area contributed by atoms with Crippen LogP contribution in [0.4, 0.5) is 4.39 Å². The van der Waals surface area contributed by atoms with Gasteiger partial charge in [-0.05, 0) is 41.8 Å². The summed E-state index contributed by atoms with van der Waals surface area (Å²) in [5.74, 6) is 0.480. The lowest BCUT2D eigenvalue weighted by Crippen LogP contribution is -2.18. The highest BCUT2D eigenvalue weighted by molar-refractivity contribution is 5.29. The predicted molar refractivity (Wildman–Crippen MR) is 80.8 cm³/mol. The fraction of sp³-hybridized carbons (Fsp3) is 0.294. The Kier molecular flexibility index (Phi) is 5.72. The molecule has 0 saturated carbocycles. The quantitative estimate of drug-likeness (QED) is 0.852. The van der Waals surface area contributed by atoms with Gasteiger partial charge >= 0.3 is 0 Å². The summed E-state index contributed by atoms with van der Waals surface area (Å²) in [5, 5.41) is 0. The summed E-state index contributed by atoms with van der Waals surface area (Å²) in [4.78, 5) is 0. The molecule has 0 radical (unpaired) electrons. The molecule has 2 aromatic carbocycles. The first-order chi connectivity index (χ1) is 10.2. The Morgan fingerprint density at radius 1 is 1.05 bits per heavy atom. The first-order valence-electron chi connectivity index (χ1n) is 6.93. The Hall–Kier alpha value is -1.91. The molecule has 0 spiro atoms. The van der Waals surface area contributed by atoms with Gasteiger partial charge in [-0.15, -0.1) is 0 Å². The van der Waals surface area contributed by atoms with Gasteiger partial charge in [0.2, 0.25) is 0 Å². The van der Waals surface area contributed by atoms with Gasteiger partial charge in [-0.1, -0.05) is 24.3 Å². The van der Waals surface area contributed by atoms with Crippen LogP contribution in [-0.2, 0) is 11.2 Å². The van der Waals surface area contributed by atoms with Crippen molar-refractivity contribution in [3.63, 3.8) is 0 Å². The fourth-order valence-electron chi connectivity index (χ4n) is 2.05. The van der Waals surface area contributed by atoms with Gasteiger partial charge in [0.15, 0.2) is 0 Å². The molecule has 1 atom stereocenters. The molecule has 0 aliphatic rings. The van der Waals surface area contributed by atoms with Crippen LogP contribution >= 0.6 is 0 Å². The molecular formula is C17H20FNO2. The number of ether oxygens (including phenoxy) is 2. The zero-order valence-electron chi connectivity index (χ0n) is 12.1. The van der Waals surface area contributed by atoms with Crippen molar-refractivity contribution in [2.24, 2.45) is 5.73 Å². The van der Waals surface area contributed by atoms with Crippen LogP contribution in [0.5, 0.6) is 5.75 Å². The van der Waals surface area contributed by atoms with E-state index in [4.69, 9.17) is 15.2 Å². The lowest BCUT2D eigenvalue weighted by atomic mass is 10.1. The molecule has 2 N–H and O–H groups in total. The van der Waals surface area contributed by atoms with Crippen LogP contribution in [-0.4, -0.2) is 20.3 Å². The molecule has 0 bridgehead atoms. The van der Waals surface area contributed by atoms with Gasteiger partial charge in [-0.2, -0.15) is 0 Å². The molecule has 3 nitrogen and oxygen atoms in total. The molecule has 2 aromatic rings. The van der Waals surface area contributed by atoms with Crippen molar-refractivity contribution >= 4 is 0 Å². The topological polar surface area (TPSA) is 44.5 Å². The molecule has 0 amide bonds. The maximum absolute atomic E-state index is 12.9. The Bertz CT molecular complexity index is 540. The number of rotatable bonds is 7. The van der Waals surface area contributed by atoms with Crippen molar-refractivity contribution in [2.75, 3.05) is 20.3 Å². The summed E-state index contributed by atoms with van der Waals surface area (Å²) < 4.78 is 23.9. The summed E-state index contributed by atoms with van der Waals surface area (Å²) in [5.41, 5.74) is 7.80. The zero-order valence-corrected chi connectivity index (χ0v) is 12.1. The van der Waals surface area contributed by atoms with Crippen molar-refractivity contribution in [3.05, 3.63) is 65.5 Å². The maximum atomic E-state index is 12.9. The molecule has 0 aliphatic heterocycles. The normalized spacial score (nSPS) is 12.1. The van der Waals surface area contributed by atoms with Gasteiger partial charge in [0.05, 0.1) is 6.61 Å². The van der Waals surface area contributed by atoms with Crippen LogP contribution in [0.2, 0.25) is 0 Å². The van der Waals surface area contributed by atoms with Crippen LogP contribution in [0, 0.1) is 5.82 Å². The van der Waals surface area contributed by atoms with Gasteiger partial charge in [-0.3, -0.25) is 0 Å². The minimum atomic E-state index is -0.282. The highest BCUT2D eigenvalue weighted by Gasteiger charge is 2.11. The fourth-order valence-corrected chi connectivity index (χ4v) is 2.05. The Morgan fingerprint density at radius 2 is 1.71 bits per heavy atom. The van der Waals surface area contributed by atoms with Crippen LogP contribution in [0.15, 0.2) is 48.5 Å². The molecule has 0 aliphatic carbocycles. The maximum Gasteiger partial charge on any atom is 0.136 e. The molecule has 21 heavy (non-hydrogen) atoms. The van der Waals surface area contributed by atoms with Crippen molar-refractivity contribution in [1.29, 1.82) is 0 Å². The average Bonchev–Trinajstić information content (AvgIpc) is 2.53. The van der Waals surface area contributed by atoms with E-state index < -0.39 is 0 Å². The van der Waals surface area contributed by atoms with Crippen LogP contribution in [0.25, 0.3) is 0 Å². The molecule has 0 heterocycles. The van der Waals surface area contributed by atoms with Crippen molar-refractivity contribution in [1.82, 2.24) is 0 Å². The minimum Gasteiger partial charge on any atom is -0.484 e. The molecule has 0 aromatic heterocycles. The van der Waals surface area contributed by atoms with Crippen LogP contribution < -0.4 is 10.5 Å². The lowest BCUT2D eigenvalue weighted by Gasteiger charge is -2.18. The molecule has 0 fully saturated rings. The number of hydrogen-bond donors (Lipinski definition) is 1. The van der Waals surface area contributed by atoms with Crippen LogP contribution in [0.3, 0.4) is 0 Å². The van der Waals surface area contributed by atoms with Crippen molar-refractivity contribution in [3.8, 4) is 5.75 Å². The van der Waals surface area contributed by atoms with E-state index in [9.17, 15) is 4.39 Å². The molecular weight excluding hydrogens is 269 g/mol. The van der Waals surface area contributed by atoms with E-state index in [1.165, 1.54) is 17.7 Å².